The Balaban J connectivity index is 1.34. The summed E-state index contributed by atoms with van der Waals surface area (Å²) in [6, 6.07) is 22.1. The van der Waals surface area contributed by atoms with Gasteiger partial charge < -0.3 is 4.74 Å². The third-order valence-electron chi connectivity index (χ3n) is 6.70. The van der Waals surface area contributed by atoms with Crippen molar-refractivity contribution in [1.29, 1.82) is 0 Å². The van der Waals surface area contributed by atoms with Crippen molar-refractivity contribution in [2.75, 3.05) is 6.61 Å². The van der Waals surface area contributed by atoms with Crippen molar-refractivity contribution in [2.24, 2.45) is 0 Å². The number of hydrogen-bond acceptors (Lipinski definition) is 5. The van der Waals surface area contributed by atoms with Crippen molar-refractivity contribution < 1.29 is 9.53 Å². The van der Waals surface area contributed by atoms with Gasteiger partial charge in [-0.2, -0.15) is 0 Å². The zero-order chi connectivity index (χ0) is 23.6. The van der Waals surface area contributed by atoms with Gasteiger partial charge in [0.1, 0.15) is 6.54 Å². The lowest BCUT2D eigenvalue weighted by atomic mass is 9.83. The molecule has 180 valence electrons. The van der Waals surface area contributed by atoms with Gasteiger partial charge in [-0.1, -0.05) is 79.2 Å². The van der Waals surface area contributed by atoms with Crippen molar-refractivity contribution in [2.45, 2.75) is 77.0 Å². The zero-order valence-electron chi connectivity index (χ0n) is 20.2. The van der Waals surface area contributed by atoms with Crippen molar-refractivity contribution in [1.82, 2.24) is 19.9 Å². The van der Waals surface area contributed by atoms with Gasteiger partial charge in [0.15, 0.2) is 0 Å². The van der Waals surface area contributed by atoms with E-state index in [2.05, 4.69) is 82.8 Å². The van der Waals surface area contributed by atoms with E-state index in [1.54, 1.807) is 4.68 Å². The maximum absolute atomic E-state index is 12.0. The molecule has 6 nitrogen and oxygen atoms in total. The molecule has 1 saturated carbocycles. The van der Waals surface area contributed by atoms with Crippen LogP contribution in [0.25, 0.3) is 0 Å². The van der Waals surface area contributed by atoms with E-state index in [1.165, 1.54) is 11.1 Å². The van der Waals surface area contributed by atoms with Crippen molar-refractivity contribution in [3.63, 3.8) is 0 Å². The summed E-state index contributed by atoms with van der Waals surface area (Å²) in [6.45, 7) is 4.61. The predicted octanol–water partition coefficient (Wildman–Crippen LogP) is 5.35. The second kappa shape index (κ2) is 12.5. The van der Waals surface area contributed by atoms with Gasteiger partial charge in [-0.15, -0.1) is 5.10 Å². The van der Waals surface area contributed by atoms with E-state index >= 15 is 0 Å². The van der Waals surface area contributed by atoms with E-state index in [-0.39, 0.29) is 12.5 Å². The van der Waals surface area contributed by atoms with Crippen LogP contribution in [-0.4, -0.2) is 38.5 Å². The van der Waals surface area contributed by atoms with E-state index in [4.69, 9.17) is 4.74 Å². The topological polar surface area (TPSA) is 60.2 Å². The molecule has 0 N–H and O–H groups in total. The number of carbonyl (C=O) groups is 1. The number of benzene rings is 2. The second-order valence-corrected chi connectivity index (χ2v) is 9.30. The summed E-state index contributed by atoms with van der Waals surface area (Å²) < 4.78 is 6.86. The highest BCUT2D eigenvalue weighted by Crippen LogP contribution is 2.35. The SMILES string of the molecule is CCCCOC(=O)Cn1cc(C2CCC(N(Cc3ccccc3)Cc3ccccc3)CC2)nn1. The highest BCUT2D eigenvalue weighted by molar-refractivity contribution is 5.68. The van der Waals surface area contributed by atoms with Gasteiger partial charge in [0.05, 0.1) is 12.3 Å². The summed E-state index contributed by atoms with van der Waals surface area (Å²) in [7, 11) is 0. The predicted molar refractivity (Wildman–Crippen MR) is 133 cm³/mol. The number of nitrogens with zero attached hydrogens (tertiary/aromatic N) is 4. The third-order valence-corrected chi connectivity index (χ3v) is 6.70. The maximum Gasteiger partial charge on any atom is 0.327 e. The van der Waals surface area contributed by atoms with Crippen molar-refractivity contribution >= 4 is 5.97 Å². The van der Waals surface area contributed by atoms with E-state index in [0.717, 1.165) is 57.3 Å². The van der Waals surface area contributed by atoms with Crippen LogP contribution in [0.5, 0.6) is 0 Å². The van der Waals surface area contributed by atoms with Gasteiger partial charge in [0.2, 0.25) is 0 Å². The molecule has 1 aromatic heterocycles. The van der Waals surface area contributed by atoms with Gasteiger partial charge in [-0.25, -0.2) is 4.68 Å². The van der Waals surface area contributed by atoms with Crippen LogP contribution in [0, 0.1) is 0 Å². The summed E-state index contributed by atoms with van der Waals surface area (Å²) in [4.78, 5) is 14.6. The molecule has 4 rings (SSSR count). The van der Waals surface area contributed by atoms with Crippen LogP contribution in [-0.2, 0) is 29.2 Å². The molecule has 0 saturated heterocycles. The Morgan fingerprint density at radius 2 is 1.59 bits per heavy atom. The smallest absolute Gasteiger partial charge is 0.327 e. The van der Waals surface area contributed by atoms with Crippen LogP contribution < -0.4 is 0 Å². The van der Waals surface area contributed by atoms with Crippen molar-refractivity contribution in [3.05, 3.63) is 83.7 Å². The molecule has 0 atom stereocenters. The highest BCUT2D eigenvalue weighted by Gasteiger charge is 2.28. The van der Waals surface area contributed by atoms with E-state index in [1.807, 2.05) is 6.20 Å². The number of ether oxygens (including phenoxy) is 1. The fraction of sp³-hybridized carbons (Fsp3) is 0.464. The monoisotopic (exact) mass is 460 g/mol. The fourth-order valence-corrected chi connectivity index (χ4v) is 4.77. The number of unbranched alkanes of at least 4 members (excludes halogenated alkanes) is 1. The first-order valence-corrected chi connectivity index (χ1v) is 12.6. The van der Waals surface area contributed by atoms with Gasteiger partial charge in [0.25, 0.3) is 0 Å². The largest absolute Gasteiger partial charge is 0.464 e. The van der Waals surface area contributed by atoms with Gasteiger partial charge in [-0.3, -0.25) is 9.69 Å². The molecule has 1 fully saturated rings. The molecule has 2 aromatic carbocycles. The summed E-state index contributed by atoms with van der Waals surface area (Å²) in [5.74, 6) is 0.155. The molecule has 6 heteroatoms. The Labute approximate surface area is 202 Å². The molecule has 0 amide bonds. The average molecular weight is 461 g/mol. The Hall–Kier alpha value is -2.99. The molecule has 0 aliphatic heterocycles. The molecule has 0 radical (unpaired) electrons. The molecular weight excluding hydrogens is 424 g/mol. The Morgan fingerprint density at radius 3 is 2.18 bits per heavy atom. The number of hydrogen-bond donors (Lipinski definition) is 0. The number of esters is 1. The van der Waals surface area contributed by atoms with Crippen LogP contribution in [0.15, 0.2) is 66.9 Å². The maximum atomic E-state index is 12.0. The highest BCUT2D eigenvalue weighted by atomic mass is 16.5. The molecule has 0 unspecified atom stereocenters. The summed E-state index contributed by atoms with van der Waals surface area (Å²) >= 11 is 0. The average Bonchev–Trinajstić information content (AvgIpc) is 3.33. The molecule has 1 aliphatic rings. The first-order chi connectivity index (χ1) is 16.7. The lowest BCUT2D eigenvalue weighted by molar-refractivity contribution is -0.144. The minimum Gasteiger partial charge on any atom is -0.464 e. The quantitative estimate of drug-likeness (QED) is 0.285. The number of carbonyl (C=O) groups excluding carboxylic acids is 1. The van der Waals surface area contributed by atoms with Crippen LogP contribution in [0.2, 0.25) is 0 Å². The van der Waals surface area contributed by atoms with E-state index in [9.17, 15) is 4.79 Å². The third kappa shape index (κ3) is 7.00. The van der Waals surface area contributed by atoms with Crippen LogP contribution in [0.4, 0.5) is 0 Å². The lowest BCUT2D eigenvalue weighted by Gasteiger charge is -2.36. The zero-order valence-corrected chi connectivity index (χ0v) is 20.2. The van der Waals surface area contributed by atoms with Crippen LogP contribution >= 0.6 is 0 Å². The fourth-order valence-electron chi connectivity index (χ4n) is 4.77. The molecule has 1 aliphatic carbocycles. The van der Waals surface area contributed by atoms with Crippen LogP contribution in [0.1, 0.15) is 68.2 Å². The molecule has 3 aromatic rings. The van der Waals surface area contributed by atoms with Gasteiger partial charge >= 0.3 is 5.97 Å². The minimum atomic E-state index is -0.244. The minimum absolute atomic E-state index is 0.133. The summed E-state index contributed by atoms with van der Waals surface area (Å²) in [5, 5.41) is 8.57. The molecule has 0 bridgehead atoms. The van der Waals surface area contributed by atoms with Crippen LogP contribution in [0.3, 0.4) is 0 Å². The Morgan fingerprint density at radius 1 is 0.971 bits per heavy atom. The van der Waals surface area contributed by atoms with Gasteiger partial charge in [-0.05, 0) is 43.2 Å². The first-order valence-electron chi connectivity index (χ1n) is 12.6. The van der Waals surface area contributed by atoms with E-state index in [0.29, 0.717) is 18.6 Å². The number of rotatable bonds is 11. The standard InChI is InChI=1S/C28H36N4O2/c1-2-3-18-34-28(33)22-32-21-27(29-30-32)25-14-16-26(17-15-25)31(19-23-10-6-4-7-11-23)20-24-12-8-5-9-13-24/h4-13,21,25-26H,2-3,14-20,22H2,1H3. The Kier molecular flexibility index (Phi) is 8.85. The van der Waals surface area contributed by atoms with E-state index < -0.39 is 0 Å². The second-order valence-electron chi connectivity index (χ2n) is 9.30. The molecule has 34 heavy (non-hydrogen) atoms. The molecule has 1 heterocycles. The summed E-state index contributed by atoms with van der Waals surface area (Å²) in [5.41, 5.74) is 3.71. The Bertz CT molecular complexity index is 956. The first kappa shape index (κ1) is 24.1. The van der Waals surface area contributed by atoms with Crippen molar-refractivity contribution in [3.8, 4) is 0 Å². The molecular formula is C28H36N4O2. The summed E-state index contributed by atoms with van der Waals surface area (Å²) in [6.07, 6.45) is 8.28. The van der Waals surface area contributed by atoms with Gasteiger partial charge in [0, 0.05) is 31.2 Å². The number of aromatic nitrogens is 3. The normalized spacial score (nSPS) is 18.2. The molecule has 0 spiro atoms. The lowest BCUT2D eigenvalue weighted by Crippen LogP contribution is -2.37.